The summed E-state index contributed by atoms with van der Waals surface area (Å²) in [6, 6.07) is 11.1. The number of anilines is 1. The predicted octanol–water partition coefficient (Wildman–Crippen LogP) is 4.02. The minimum Gasteiger partial charge on any atom is -0.493 e. The van der Waals surface area contributed by atoms with E-state index in [1.165, 1.54) is 0 Å². The molecule has 0 amide bonds. The van der Waals surface area contributed by atoms with Gasteiger partial charge < -0.3 is 14.4 Å². The van der Waals surface area contributed by atoms with Gasteiger partial charge in [-0.1, -0.05) is 11.6 Å². The van der Waals surface area contributed by atoms with Gasteiger partial charge in [0.25, 0.3) is 0 Å². The quantitative estimate of drug-likeness (QED) is 0.419. The van der Waals surface area contributed by atoms with Gasteiger partial charge in [-0.05, 0) is 49.7 Å². The van der Waals surface area contributed by atoms with E-state index in [0.717, 1.165) is 55.9 Å². The van der Waals surface area contributed by atoms with Crippen LogP contribution in [0.15, 0.2) is 36.4 Å². The van der Waals surface area contributed by atoms with Gasteiger partial charge in [-0.25, -0.2) is 0 Å². The molecule has 2 aromatic carbocycles. The van der Waals surface area contributed by atoms with Crippen molar-refractivity contribution in [3.8, 4) is 11.5 Å². The third-order valence-corrected chi connectivity index (χ3v) is 5.86. The summed E-state index contributed by atoms with van der Waals surface area (Å²) in [7, 11) is 1.59. The highest BCUT2D eigenvalue weighted by Crippen LogP contribution is 2.29. The minimum atomic E-state index is 0.00984. The first-order valence-electron chi connectivity index (χ1n) is 10.5. The van der Waals surface area contributed by atoms with Crippen LogP contribution in [-0.2, 0) is 0 Å². The lowest BCUT2D eigenvalue weighted by molar-refractivity contribution is 0.101. The van der Waals surface area contributed by atoms with E-state index in [1.807, 2.05) is 18.2 Å². The number of hydrogen-bond donors (Lipinski definition) is 1. The van der Waals surface area contributed by atoms with E-state index < -0.39 is 0 Å². The number of piperazine rings is 1. The number of rotatable bonds is 8. The Morgan fingerprint density at radius 3 is 2.68 bits per heavy atom. The van der Waals surface area contributed by atoms with Crippen molar-refractivity contribution in [2.75, 3.05) is 51.3 Å². The molecule has 0 bridgehead atoms. The summed E-state index contributed by atoms with van der Waals surface area (Å²) in [5.74, 6) is 2.27. The normalized spacial score (nSPS) is 14.7. The SMILES string of the molecule is COc1cc(C(C)=O)ccc1OCCCN1CCN(c2n[nH]c3cc(Cl)ccc23)CC1. The van der Waals surface area contributed by atoms with Gasteiger partial charge in [-0.15, -0.1) is 0 Å². The lowest BCUT2D eigenvalue weighted by atomic mass is 10.1. The molecule has 7 nitrogen and oxygen atoms in total. The zero-order chi connectivity index (χ0) is 21.8. The molecule has 8 heteroatoms. The number of fused-ring (bicyclic) bond motifs is 1. The van der Waals surface area contributed by atoms with Gasteiger partial charge >= 0.3 is 0 Å². The number of carbonyl (C=O) groups is 1. The first-order valence-corrected chi connectivity index (χ1v) is 10.9. The van der Waals surface area contributed by atoms with Crippen LogP contribution in [0.1, 0.15) is 23.7 Å². The van der Waals surface area contributed by atoms with Gasteiger partial charge in [0.05, 0.1) is 19.2 Å². The lowest BCUT2D eigenvalue weighted by Crippen LogP contribution is -2.47. The summed E-state index contributed by atoms with van der Waals surface area (Å²) < 4.78 is 11.3. The molecule has 0 atom stereocenters. The van der Waals surface area contributed by atoms with Crippen molar-refractivity contribution in [3.05, 3.63) is 47.0 Å². The second-order valence-corrected chi connectivity index (χ2v) is 8.13. The van der Waals surface area contributed by atoms with Crippen LogP contribution in [0.5, 0.6) is 11.5 Å². The fourth-order valence-electron chi connectivity index (χ4n) is 3.88. The summed E-state index contributed by atoms with van der Waals surface area (Å²) in [5.41, 5.74) is 1.59. The molecular formula is C23H27ClN4O3. The molecule has 1 N–H and O–H groups in total. The van der Waals surface area contributed by atoms with E-state index in [4.69, 9.17) is 21.1 Å². The van der Waals surface area contributed by atoms with Gasteiger partial charge in [-0.3, -0.25) is 14.8 Å². The molecule has 0 unspecified atom stereocenters. The fraction of sp³-hybridized carbons (Fsp3) is 0.391. The van der Waals surface area contributed by atoms with E-state index in [2.05, 4.69) is 20.0 Å². The number of methoxy groups -OCH3 is 1. The molecule has 4 rings (SSSR count). The molecule has 1 aliphatic rings. The molecular weight excluding hydrogens is 416 g/mol. The molecule has 3 aromatic rings. The van der Waals surface area contributed by atoms with Gasteiger partial charge in [0, 0.05) is 48.7 Å². The van der Waals surface area contributed by atoms with Crippen LogP contribution in [-0.4, -0.2) is 67.3 Å². The molecule has 0 saturated carbocycles. The Hall–Kier alpha value is -2.77. The summed E-state index contributed by atoms with van der Waals surface area (Å²) >= 11 is 6.07. The number of nitrogens with zero attached hydrogens (tertiary/aromatic N) is 3. The smallest absolute Gasteiger partial charge is 0.161 e. The summed E-state index contributed by atoms with van der Waals surface area (Å²) in [4.78, 5) is 16.3. The zero-order valence-electron chi connectivity index (χ0n) is 17.9. The van der Waals surface area contributed by atoms with Crippen molar-refractivity contribution in [1.29, 1.82) is 0 Å². The highest BCUT2D eigenvalue weighted by Gasteiger charge is 2.20. The van der Waals surface area contributed by atoms with Gasteiger partial charge in [0.15, 0.2) is 23.1 Å². The van der Waals surface area contributed by atoms with Crippen LogP contribution in [0, 0.1) is 0 Å². The highest BCUT2D eigenvalue weighted by molar-refractivity contribution is 6.31. The molecule has 2 heterocycles. The molecule has 31 heavy (non-hydrogen) atoms. The third kappa shape index (κ3) is 4.94. The number of H-pyrrole nitrogens is 1. The second-order valence-electron chi connectivity index (χ2n) is 7.69. The average Bonchev–Trinajstić information content (AvgIpc) is 3.20. The Morgan fingerprint density at radius 2 is 1.94 bits per heavy atom. The molecule has 0 radical (unpaired) electrons. The molecule has 1 aliphatic heterocycles. The standard InChI is InChI=1S/C23H27ClN4O3/c1-16(29)17-4-7-21(22(14-17)30-2)31-13-3-8-27-9-11-28(12-10-27)23-19-6-5-18(24)15-20(19)25-26-23/h4-7,14-15H,3,8-13H2,1-2H3,(H,25,26). The molecule has 1 fully saturated rings. The van der Waals surface area contributed by atoms with E-state index >= 15 is 0 Å². The number of aromatic amines is 1. The van der Waals surface area contributed by atoms with E-state index in [-0.39, 0.29) is 5.78 Å². The van der Waals surface area contributed by atoms with Crippen molar-refractivity contribution in [2.24, 2.45) is 0 Å². The summed E-state index contributed by atoms with van der Waals surface area (Å²) in [6.07, 6.45) is 0.918. The number of aromatic nitrogens is 2. The maximum absolute atomic E-state index is 11.5. The third-order valence-electron chi connectivity index (χ3n) is 5.62. The van der Waals surface area contributed by atoms with E-state index in [9.17, 15) is 4.79 Å². The van der Waals surface area contributed by atoms with Crippen LogP contribution in [0.4, 0.5) is 5.82 Å². The predicted molar refractivity (Wildman–Crippen MR) is 123 cm³/mol. The van der Waals surface area contributed by atoms with Crippen LogP contribution in [0.2, 0.25) is 5.02 Å². The van der Waals surface area contributed by atoms with E-state index in [1.54, 1.807) is 32.2 Å². The number of nitrogens with one attached hydrogen (secondary N) is 1. The molecule has 0 spiro atoms. The number of ketones is 1. The van der Waals surface area contributed by atoms with Crippen molar-refractivity contribution >= 4 is 34.1 Å². The lowest BCUT2D eigenvalue weighted by Gasteiger charge is -2.35. The Balaban J connectivity index is 1.24. The maximum Gasteiger partial charge on any atom is 0.161 e. The first kappa shape index (κ1) is 21.5. The minimum absolute atomic E-state index is 0.00984. The van der Waals surface area contributed by atoms with Crippen molar-refractivity contribution < 1.29 is 14.3 Å². The Bertz CT molecular complexity index is 1060. The summed E-state index contributed by atoms with van der Waals surface area (Å²) in [6.45, 7) is 6.95. The number of benzene rings is 2. The topological polar surface area (TPSA) is 70.7 Å². The number of halogens is 1. The van der Waals surface area contributed by atoms with Gasteiger partial charge in [0.2, 0.25) is 0 Å². The average molecular weight is 443 g/mol. The molecule has 1 aromatic heterocycles. The van der Waals surface area contributed by atoms with Gasteiger partial charge in [0.1, 0.15) is 0 Å². The second kappa shape index (κ2) is 9.58. The van der Waals surface area contributed by atoms with Crippen molar-refractivity contribution in [1.82, 2.24) is 15.1 Å². The Labute approximate surface area is 186 Å². The largest absolute Gasteiger partial charge is 0.493 e. The van der Waals surface area contributed by atoms with Crippen LogP contribution in [0.3, 0.4) is 0 Å². The number of hydrogen-bond acceptors (Lipinski definition) is 6. The fourth-order valence-corrected chi connectivity index (χ4v) is 4.05. The number of Topliss-reactive ketones (excluding diaryl/α,β-unsaturated/α-hetero) is 1. The van der Waals surface area contributed by atoms with Crippen LogP contribution >= 0.6 is 11.6 Å². The number of carbonyl (C=O) groups excluding carboxylic acids is 1. The van der Waals surface area contributed by atoms with Crippen LogP contribution in [0.25, 0.3) is 10.9 Å². The molecule has 0 aliphatic carbocycles. The monoisotopic (exact) mass is 442 g/mol. The highest BCUT2D eigenvalue weighted by atomic mass is 35.5. The Morgan fingerprint density at radius 1 is 1.13 bits per heavy atom. The first-order chi connectivity index (χ1) is 15.0. The van der Waals surface area contributed by atoms with Gasteiger partial charge in [-0.2, -0.15) is 5.10 Å². The van der Waals surface area contributed by atoms with E-state index in [0.29, 0.717) is 28.7 Å². The van der Waals surface area contributed by atoms with Crippen molar-refractivity contribution in [2.45, 2.75) is 13.3 Å². The number of ether oxygens (including phenoxy) is 2. The van der Waals surface area contributed by atoms with Crippen molar-refractivity contribution in [3.63, 3.8) is 0 Å². The molecule has 1 saturated heterocycles. The maximum atomic E-state index is 11.5. The zero-order valence-corrected chi connectivity index (χ0v) is 18.6. The Kier molecular flexibility index (Phi) is 6.63. The molecule has 164 valence electrons. The summed E-state index contributed by atoms with van der Waals surface area (Å²) in [5, 5.41) is 9.39. The van der Waals surface area contributed by atoms with Crippen LogP contribution < -0.4 is 14.4 Å².